The molecular weight excluding hydrogens is 288 g/mol. The first-order valence-corrected chi connectivity index (χ1v) is 7.31. The average Bonchev–Trinajstić information content (AvgIpc) is 2.94. The van der Waals surface area contributed by atoms with Gasteiger partial charge in [-0.1, -0.05) is 30.3 Å². The first-order valence-electron chi connectivity index (χ1n) is 6.54. The zero-order valence-corrected chi connectivity index (χ0v) is 12.6. The Morgan fingerprint density at radius 2 is 1.95 bits per heavy atom. The molecule has 0 saturated carbocycles. The van der Waals surface area contributed by atoms with Crippen LogP contribution in [0.5, 0.6) is 0 Å². The fourth-order valence-corrected chi connectivity index (χ4v) is 2.61. The summed E-state index contributed by atoms with van der Waals surface area (Å²) in [4.78, 5) is 25.0. The largest absolute Gasteiger partial charge is 0.480 e. The second-order valence-corrected chi connectivity index (χ2v) is 5.67. The second kappa shape index (κ2) is 6.49. The molecule has 110 valence electrons. The number of carboxylic acid groups (broad SMARTS) is 1. The Balaban J connectivity index is 2.23. The number of aliphatic carboxylic acids is 1. The molecule has 6 heteroatoms. The second-order valence-electron chi connectivity index (χ2n) is 4.86. The van der Waals surface area contributed by atoms with Gasteiger partial charge in [0.1, 0.15) is 11.4 Å². The van der Waals surface area contributed by atoms with Gasteiger partial charge in [0, 0.05) is 11.6 Å². The lowest BCUT2D eigenvalue weighted by Gasteiger charge is -2.23. The van der Waals surface area contributed by atoms with Crippen molar-refractivity contribution >= 4 is 23.4 Å². The Morgan fingerprint density at radius 3 is 2.52 bits per heavy atom. The van der Waals surface area contributed by atoms with Crippen LogP contribution in [0.1, 0.15) is 23.5 Å². The van der Waals surface area contributed by atoms with E-state index in [4.69, 9.17) is 5.11 Å². The topological polar surface area (TPSA) is 70.5 Å². The molecule has 0 aliphatic rings. The number of nitrogens with zero attached hydrogens (tertiary/aromatic N) is 2. The van der Waals surface area contributed by atoms with Crippen LogP contribution in [-0.4, -0.2) is 38.8 Å². The number of benzene rings is 1. The van der Waals surface area contributed by atoms with Crippen molar-refractivity contribution in [3.63, 3.8) is 0 Å². The maximum absolute atomic E-state index is 12.4. The van der Waals surface area contributed by atoms with Gasteiger partial charge in [0.05, 0.1) is 5.69 Å². The van der Waals surface area contributed by atoms with Crippen LogP contribution in [0, 0.1) is 0 Å². The molecule has 1 aromatic carbocycles. The lowest BCUT2D eigenvalue weighted by atomic mass is 10.1. The normalized spacial score (nSPS) is 10.6. The molecule has 0 atom stereocenters. The Kier molecular flexibility index (Phi) is 4.70. The van der Waals surface area contributed by atoms with Gasteiger partial charge in [0.2, 0.25) is 0 Å². The lowest BCUT2D eigenvalue weighted by molar-refractivity contribution is -0.138. The molecule has 0 aliphatic carbocycles. The van der Waals surface area contributed by atoms with Gasteiger partial charge in [-0.15, -0.1) is 0 Å². The fraction of sp³-hybridized carbons (Fsp3) is 0.267. The highest BCUT2D eigenvalue weighted by Crippen LogP contribution is 2.23. The van der Waals surface area contributed by atoms with E-state index in [1.807, 2.05) is 30.3 Å². The number of carboxylic acids is 1. The summed E-state index contributed by atoms with van der Waals surface area (Å²) < 4.78 is 4.28. The predicted octanol–water partition coefficient (Wildman–Crippen LogP) is 2.75. The molecule has 1 heterocycles. The molecule has 0 aliphatic heterocycles. The summed E-state index contributed by atoms with van der Waals surface area (Å²) >= 11 is 1.09. The maximum atomic E-state index is 12.4. The quantitative estimate of drug-likeness (QED) is 0.922. The minimum Gasteiger partial charge on any atom is -0.480 e. The Labute approximate surface area is 127 Å². The Morgan fingerprint density at radius 1 is 1.29 bits per heavy atom. The van der Waals surface area contributed by atoms with Crippen molar-refractivity contribution in [2.24, 2.45) is 0 Å². The van der Waals surface area contributed by atoms with Crippen LogP contribution >= 0.6 is 11.5 Å². The van der Waals surface area contributed by atoms with Crippen LogP contribution in [-0.2, 0) is 4.79 Å². The molecule has 0 spiro atoms. The Hall–Kier alpha value is -2.21. The molecule has 0 saturated heterocycles. The molecule has 1 aromatic heterocycles. The van der Waals surface area contributed by atoms with Crippen molar-refractivity contribution in [2.45, 2.75) is 19.9 Å². The van der Waals surface area contributed by atoms with E-state index in [9.17, 15) is 9.59 Å². The highest BCUT2D eigenvalue weighted by atomic mass is 32.1. The standard InChI is InChI=1S/C15H16N2O3S/c1-10(2)17(9-14(18)19)15(20)13-8-12(16-21-13)11-6-4-3-5-7-11/h3-8,10H,9H2,1-2H3,(H,18,19). The lowest BCUT2D eigenvalue weighted by Crippen LogP contribution is -2.40. The highest BCUT2D eigenvalue weighted by Gasteiger charge is 2.23. The summed E-state index contributed by atoms with van der Waals surface area (Å²) in [6.07, 6.45) is 0. The van der Waals surface area contributed by atoms with Crippen molar-refractivity contribution in [3.8, 4) is 11.3 Å². The number of carbonyl (C=O) groups excluding carboxylic acids is 1. The minimum atomic E-state index is -1.02. The summed E-state index contributed by atoms with van der Waals surface area (Å²) in [5, 5.41) is 8.91. The molecule has 0 unspecified atom stereocenters. The van der Waals surface area contributed by atoms with Crippen LogP contribution in [0.25, 0.3) is 11.3 Å². The molecule has 2 aromatic rings. The van der Waals surface area contributed by atoms with Gasteiger partial charge in [-0.25, -0.2) is 0 Å². The average molecular weight is 304 g/mol. The first-order chi connectivity index (χ1) is 9.99. The minimum absolute atomic E-state index is 0.184. The zero-order valence-electron chi connectivity index (χ0n) is 11.8. The van der Waals surface area contributed by atoms with Crippen LogP contribution in [0.3, 0.4) is 0 Å². The van der Waals surface area contributed by atoms with E-state index in [0.29, 0.717) is 4.88 Å². The third kappa shape index (κ3) is 3.66. The molecular formula is C15H16N2O3S. The summed E-state index contributed by atoms with van der Waals surface area (Å²) in [7, 11) is 0. The van der Waals surface area contributed by atoms with Crippen molar-refractivity contribution in [1.29, 1.82) is 0 Å². The van der Waals surface area contributed by atoms with Crippen LogP contribution in [0.4, 0.5) is 0 Å². The van der Waals surface area contributed by atoms with E-state index in [-0.39, 0.29) is 18.5 Å². The highest BCUT2D eigenvalue weighted by molar-refractivity contribution is 7.08. The van der Waals surface area contributed by atoms with E-state index in [1.54, 1.807) is 19.9 Å². The van der Waals surface area contributed by atoms with Crippen molar-refractivity contribution in [3.05, 3.63) is 41.3 Å². The van der Waals surface area contributed by atoms with Gasteiger partial charge >= 0.3 is 5.97 Å². The third-order valence-corrected chi connectivity index (χ3v) is 3.76. The summed E-state index contributed by atoms with van der Waals surface area (Å²) in [6, 6.07) is 11.1. The molecule has 0 radical (unpaired) electrons. The van der Waals surface area contributed by atoms with E-state index < -0.39 is 5.97 Å². The smallest absolute Gasteiger partial charge is 0.323 e. The number of carbonyl (C=O) groups is 2. The molecule has 1 N–H and O–H groups in total. The van der Waals surface area contributed by atoms with Gasteiger partial charge in [0.15, 0.2) is 0 Å². The summed E-state index contributed by atoms with van der Waals surface area (Å²) in [5.74, 6) is -1.32. The SMILES string of the molecule is CC(C)N(CC(=O)O)C(=O)c1cc(-c2ccccc2)ns1. The van der Waals surface area contributed by atoms with E-state index in [0.717, 1.165) is 22.8 Å². The Bertz CT molecular complexity index is 637. The van der Waals surface area contributed by atoms with Gasteiger partial charge in [-0.3, -0.25) is 9.59 Å². The molecule has 1 amide bonds. The number of hydrogen-bond donors (Lipinski definition) is 1. The number of hydrogen-bond acceptors (Lipinski definition) is 4. The monoisotopic (exact) mass is 304 g/mol. The van der Waals surface area contributed by atoms with E-state index in [1.165, 1.54) is 4.90 Å². The van der Waals surface area contributed by atoms with E-state index >= 15 is 0 Å². The van der Waals surface area contributed by atoms with Crippen molar-refractivity contribution in [1.82, 2.24) is 9.27 Å². The van der Waals surface area contributed by atoms with Gasteiger partial charge in [-0.2, -0.15) is 4.37 Å². The molecule has 5 nitrogen and oxygen atoms in total. The van der Waals surface area contributed by atoms with Crippen LogP contribution < -0.4 is 0 Å². The maximum Gasteiger partial charge on any atom is 0.323 e. The summed E-state index contributed by atoms with van der Waals surface area (Å²) in [6.45, 7) is 3.27. The number of amides is 1. The van der Waals surface area contributed by atoms with Crippen molar-refractivity contribution in [2.75, 3.05) is 6.54 Å². The van der Waals surface area contributed by atoms with Gasteiger partial charge in [-0.05, 0) is 31.4 Å². The molecule has 0 bridgehead atoms. The van der Waals surface area contributed by atoms with Gasteiger partial charge in [0.25, 0.3) is 5.91 Å². The van der Waals surface area contributed by atoms with Crippen LogP contribution in [0.15, 0.2) is 36.4 Å². The summed E-state index contributed by atoms with van der Waals surface area (Å²) in [5.41, 5.74) is 1.66. The fourth-order valence-electron chi connectivity index (χ4n) is 1.90. The van der Waals surface area contributed by atoms with Crippen molar-refractivity contribution < 1.29 is 14.7 Å². The van der Waals surface area contributed by atoms with Gasteiger partial charge < -0.3 is 10.0 Å². The molecule has 0 fully saturated rings. The number of rotatable bonds is 5. The predicted molar refractivity (Wildman–Crippen MR) is 81.4 cm³/mol. The zero-order chi connectivity index (χ0) is 15.4. The number of aromatic nitrogens is 1. The first kappa shape index (κ1) is 15.2. The third-order valence-electron chi connectivity index (χ3n) is 2.98. The molecule has 21 heavy (non-hydrogen) atoms. The van der Waals surface area contributed by atoms with Crippen LogP contribution in [0.2, 0.25) is 0 Å². The van der Waals surface area contributed by atoms with E-state index in [2.05, 4.69) is 4.37 Å². The molecule has 2 rings (SSSR count).